The second-order valence-electron chi connectivity index (χ2n) is 6.54. The highest BCUT2D eigenvalue weighted by Gasteiger charge is 2.46. The smallest absolute Gasteiger partial charge is 0.233 e. The van der Waals surface area contributed by atoms with Crippen molar-refractivity contribution in [2.75, 3.05) is 24.4 Å². The van der Waals surface area contributed by atoms with E-state index >= 15 is 0 Å². The molecule has 5 atom stereocenters. The first-order chi connectivity index (χ1) is 13.9. The molecule has 0 aliphatic carbocycles. The Morgan fingerprint density at radius 1 is 1.24 bits per heavy atom. The van der Waals surface area contributed by atoms with Crippen LogP contribution >= 0.6 is 8.81 Å². The molecule has 2 aromatic heterocycles. The topological polar surface area (TPSA) is 129 Å². The number of anilines is 2. The molecule has 1 aliphatic rings. The van der Waals surface area contributed by atoms with Crippen molar-refractivity contribution in [2.24, 2.45) is 0 Å². The van der Waals surface area contributed by atoms with Gasteiger partial charge >= 0.3 is 0 Å². The number of hydrogen-bond acceptors (Lipinski definition) is 8. The van der Waals surface area contributed by atoms with Gasteiger partial charge in [0.1, 0.15) is 12.2 Å². The Hall–Kier alpha value is -2.20. The fourth-order valence-corrected chi connectivity index (χ4v) is 3.92. The van der Waals surface area contributed by atoms with Crippen molar-refractivity contribution < 1.29 is 23.6 Å². The molecule has 2 N–H and O–H groups in total. The van der Waals surface area contributed by atoms with Crippen molar-refractivity contribution in [3.8, 4) is 0 Å². The molecule has 2 unspecified atom stereocenters. The van der Waals surface area contributed by atoms with Crippen LogP contribution < -0.4 is 10.6 Å². The maximum atomic E-state index is 11.6. The molecule has 29 heavy (non-hydrogen) atoms. The van der Waals surface area contributed by atoms with E-state index in [-0.39, 0.29) is 41.9 Å². The largest absolute Gasteiger partial charge is 0.374 e. The quantitative estimate of drug-likeness (QED) is 0.642. The van der Waals surface area contributed by atoms with E-state index < -0.39 is 6.23 Å². The van der Waals surface area contributed by atoms with Gasteiger partial charge in [-0.2, -0.15) is 9.97 Å². The number of hydrogen-bond donors (Lipinski definition) is 2. The fourth-order valence-electron chi connectivity index (χ4n) is 3.36. The van der Waals surface area contributed by atoms with E-state index in [1.54, 1.807) is 18.0 Å². The van der Waals surface area contributed by atoms with Gasteiger partial charge in [0.25, 0.3) is 0 Å². The van der Waals surface area contributed by atoms with E-state index in [1.807, 2.05) is 13.6 Å². The molecular formula is C17H25N6O5P. The number of methoxy groups -OCH3 is 1. The molecule has 11 nitrogen and oxygen atoms in total. The normalized spacial score (nSPS) is 24.4. The van der Waals surface area contributed by atoms with Crippen LogP contribution in [0.5, 0.6) is 0 Å². The third-order valence-corrected chi connectivity index (χ3v) is 5.00. The third kappa shape index (κ3) is 4.37. The van der Waals surface area contributed by atoms with Crippen LogP contribution in [0.4, 0.5) is 11.8 Å². The highest BCUT2D eigenvalue weighted by atomic mass is 31.1. The summed E-state index contributed by atoms with van der Waals surface area (Å²) in [5.74, 6) is -0.396. The lowest BCUT2D eigenvalue weighted by Gasteiger charge is -2.22. The Morgan fingerprint density at radius 3 is 2.55 bits per heavy atom. The molecule has 1 aliphatic heterocycles. The number of aromatic nitrogens is 4. The Bertz CT molecular complexity index is 906. The zero-order valence-corrected chi connectivity index (χ0v) is 17.9. The van der Waals surface area contributed by atoms with Gasteiger partial charge in [-0.05, 0) is 13.1 Å². The summed E-state index contributed by atoms with van der Waals surface area (Å²) in [6, 6.07) is 0. The first-order valence-corrected chi connectivity index (χ1v) is 10.6. The molecule has 0 saturated carbocycles. The fraction of sp³-hybridized carbons (Fsp3) is 0.588. The number of nitrogens with one attached hydrogen (secondary N) is 2. The highest BCUT2D eigenvalue weighted by Crippen LogP contribution is 2.38. The molecule has 0 aromatic carbocycles. The van der Waals surface area contributed by atoms with E-state index in [2.05, 4.69) is 25.6 Å². The summed E-state index contributed by atoms with van der Waals surface area (Å²) in [6.45, 7) is 6.69. The van der Waals surface area contributed by atoms with E-state index in [1.165, 1.54) is 13.8 Å². The number of rotatable bonds is 7. The zero-order chi connectivity index (χ0) is 21.1. The maximum absolute atomic E-state index is 11.6. The first kappa shape index (κ1) is 21.5. The van der Waals surface area contributed by atoms with Gasteiger partial charge in [-0.3, -0.25) is 19.5 Å². The van der Waals surface area contributed by atoms with Crippen LogP contribution in [-0.4, -0.2) is 63.4 Å². The van der Waals surface area contributed by atoms with Gasteiger partial charge in [-0.1, -0.05) is 6.92 Å². The summed E-state index contributed by atoms with van der Waals surface area (Å²) in [6.07, 6.45) is 1.00. The van der Waals surface area contributed by atoms with Gasteiger partial charge < -0.3 is 19.3 Å². The Balaban J connectivity index is 2.09. The summed E-state index contributed by atoms with van der Waals surface area (Å²) in [7, 11) is 1.90. The van der Waals surface area contributed by atoms with Gasteiger partial charge in [0.05, 0.1) is 12.4 Å². The average molecular weight is 424 g/mol. The van der Waals surface area contributed by atoms with Gasteiger partial charge in [0.2, 0.25) is 17.8 Å². The predicted molar refractivity (Wildman–Crippen MR) is 108 cm³/mol. The van der Waals surface area contributed by atoms with Crippen molar-refractivity contribution >= 4 is 43.6 Å². The van der Waals surface area contributed by atoms with E-state index in [0.717, 1.165) is 6.42 Å². The van der Waals surface area contributed by atoms with Crippen LogP contribution in [0.3, 0.4) is 0 Å². The number of imidazole rings is 1. The number of amides is 2. The molecule has 3 rings (SSSR count). The molecule has 1 saturated heterocycles. The Kier molecular flexibility index (Phi) is 6.74. The SMILES string of the molecule is CC[C@H]1O[C@@H](n2cnc3c(NC(C)=O)nc(NC(C)=O)nc32)C(OC)[C@H]1OPC. The van der Waals surface area contributed by atoms with Crippen LogP contribution in [-0.2, 0) is 23.6 Å². The van der Waals surface area contributed by atoms with Crippen LogP contribution in [0.2, 0.25) is 0 Å². The molecule has 0 spiro atoms. The van der Waals surface area contributed by atoms with Crippen LogP contribution in [0.25, 0.3) is 11.2 Å². The summed E-state index contributed by atoms with van der Waals surface area (Å²) in [4.78, 5) is 36.1. The number of fused-ring (bicyclic) bond motifs is 1. The number of carbonyl (C=O) groups is 2. The number of nitrogens with zero attached hydrogens (tertiary/aromatic N) is 4. The summed E-state index contributed by atoms with van der Waals surface area (Å²) < 4.78 is 19.5. The summed E-state index contributed by atoms with van der Waals surface area (Å²) in [5.41, 5.74) is 0.775. The molecule has 2 amide bonds. The molecule has 2 aromatic rings. The Labute approximate surface area is 169 Å². The predicted octanol–water partition coefficient (Wildman–Crippen LogP) is 1.67. The van der Waals surface area contributed by atoms with Crippen LogP contribution in [0.1, 0.15) is 33.4 Å². The molecular weight excluding hydrogens is 399 g/mol. The lowest BCUT2D eigenvalue weighted by molar-refractivity contribution is -0.115. The zero-order valence-electron chi connectivity index (χ0n) is 16.9. The lowest BCUT2D eigenvalue weighted by atomic mass is 10.1. The highest BCUT2D eigenvalue weighted by molar-refractivity contribution is 7.31. The van der Waals surface area contributed by atoms with Crippen LogP contribution in [0, 0.1) is 0 Å². The number of ether oxygens (including phenoxy) is 2. The van der Waals surface area contributed by atoms with Crippen molar-refractivity contribution in [1.82, 2.24) is 19.5 Å². The second-order valence-corrected chi connectivity index (χ2v) is 7.19. The lowest BCUT2D eigenvalue weighted by Crippen LogP contribution is -2.34. The van der Waals surface area contributed by atoms with Crippen molar-refractivity contribution in [3.05, 3.63) is 6.33 Å². The average Bonchev–Trinajstić information content (AvgIpc) is 3.22. The number of carbonyl (C=O) groups excluding carboxylic acids is 2. The van der Waals surface area contributed by atoms with E-state index in [4.69, 9.17) is 14.0 Å². The standard InChI is InChI=1S/C17H25N6O5P/c1-6-10-12(28-29-5)13(26-4)16(27-10)23-7-18-11-14(19-8(2)24)21-17(20-9(3)25)22-15(11)23/h7,10,12-13,16,29H,6H2,1-5H3,(H2,19,20,21,22,24,25)/t10-,12+,13?,16-/m1/s1. The van der Waals surface area contributed by atoms with Crippen molar-refractivity contribution in [3.63, 3.8) is 0 Å². The van der Waals surface area contributed by atoms with Gasteiger partial charge in [-0.25, -0.2) is 4.98 Å². The third-order valence-electron chi connectivity index (χ3n) is 4.49. The van der Waals surface area contributed by atoms with Crippen LogP contribution in [0.15, 0.2) is 6.33 Å². The van der Waals surface area contributed by atoms with Gasteiger partial charge in [-0.15, -0.1) is 0 Å². The maximum Gasteiger partial charge on any atom is 0.233 e. The first-order valence-electron chi connectivity index (χ1n) is 9.20. The van der Waals surface area contributed by atoms with Gasteiger partial charge in [0.15, 0.2) is 23.2 Å². The van der Waals surface area contributed by atoms with Crippen molar-refractivity contribution in [2.45, 2.75) is 51.7 Å². The van der Waals surface area contributed by atoms with Gasteiger partial charge in [0, 0.05) is 29.8 Å². The molecule has 3 heterocycles. The molecule has 12 heteroatoms. The minimum absolute atomic E-state index is 0.0531. The summed E-state index contributed by atoms with van der Waals surface area (Å²) >= 11 is 0. The molecule has 1 fully saturated rings. The second kappa shape index (κ2) is 9.08. The van der Waals surface area contributed by atoms with E-state index in [9.17, 15) is 9.59 Å². The Morgan fingerprint density at radius 2 is 1.97 bits per heavy atom. The molecule has 0 radical (unpaired) electrons. The molecule has 158 valence electrons. The summed E-state index contributed by atoms with van der Waals surface area (Å²) in [5, 5.41) is 5.17. The van der Waals surface area contributed by atoms with Crippen molar-refractivity contribution in [1.29, 1.82) is 0 Å². The molecule has 0 bridgehead atoms. The van der Waals surface area contributed by atoms with E-state index in [0.29, 0.717) is 20.0 Å². The minimum Gasteiger partial charge on any atom is -0.374 e. The minimum atomic E-state index is -0.540. The monoisotopic (exact) mass is 424 g/mol.